The van der Waals surface area contributed by atoms with Gasteiger partial charge in [0.05, 0.1) is 7.11 Å². The SMILES string of the molecule is COC(=O)CCc1c(C)cccc1C(O)C(=O)O. The Balaban J connectivity index is 3.01. The lowest BCUT2D eigenvalue weighted by molar-refractivity contribution is -0.147. The van der Waals surface area contributed by atoms with Crippen molar-refractivity contribution >= 4 is 11.9 Å². The average Bonchev–Trinajstić information content (AvgIpc) is 2.35. The van der Waals surface area contributed by atoms with Crippen LogP contribution in [0.3, 0.4) is 0 Å². The number of carboxylic acid groups (broad SMARTS) is 1. The first-order valence-corrected chi connectivity index (χ1v) is 5.53. The van der Waals surface area contributed by atoms with E-state index in [0.717, 1.165) is 5.56 Å². The van der Waals surface area contributed by atoms with E-state index in [-0.39, 0.29) is 12.4 Å². The topological polar surface area (TPSA) is 83.8 Å². The van der Waals surface area contributed by atoms with Crippen molar-refractivity contribution in [2.24, 2.45) is 0 Å². The molecule has 0 saturated heterocycles. The van der Waals surface area contributed by atoms with Crippen LogP contribution in [-0.4, -0.2) is 29.3 Å². The first-order chi connectivity index (χ1) is 8.47. The van der Waals surface area contributed by atoms with Crippen molar-refractivity contribution in [3.05, 3.63) is 34.9 Å². The third-order valence-electron chi connectivity index (χ3n) is 2.78. The van der Waals surface area contributed by atoms with E-state index < -0.39 is 12.1 Å². The van der Waals surface area contributed by atoms with Gasteiger partial charge in [0.1, 0.15) is 0 Å². The van der Waals surface area contributed by atoms with Crippen LogP contribution < -0.4 is 0 Å². The van der Waals surface area contributed by atoms with Gasteiger partial charge >= 0.3 is 11.9 Å². The molecule has 1 aromatic carbocycles. The monoisotopic (exact) mass is 252 g/mol. The van der Waals surface area contributed by atoms with Crippen molar-refractivity contribution < 1.29 is 24.5 Å². The zero-order chi connectivity index (χ0) is 13.7. The average molecular weight is 252 g/mol. The van der Waals surface area contributed by atoms with E-state index in [0.29, 0.717) is 17.5 Å². The lowest BCUT2D eigenvalue weighted by Gasteiger charge is -2.14. The predicted octanol–water partition coefficient (Wildman–Crippen LogP) is 1.22. The number of aryl methyl sites for hydroxylation is 1. The molecule has 2 N–H and O–H groups in total. The second-order valence-corrected chi connectivity index (χ2v) is 3.96. The van der Waals surface area contributed by atoms with Gasteiger partial charge in [0.2, 0.25) is 0 Å². The molecule has 0 fully saturated rings. The summed E-state index contributed by atoms with van der Waals surface area (Å²) in [5.74, 6) is -1.67. The first kappa shape index (κ1) is 14.2. The molecule has 0 radical (unpaired) electrons. The third kappa shape index (κ3) is 3.30. The van der Waals surface area contributed by atoms with Crippen molar-refractivity contribution in [1.29, 1.82) is 0 Å². The quantitative estimate of drug-likeness (QED) is 0.770. The fourth-order valence-electron chi connectivity index (χ4n) is 1.78. The van der Waals surface area contributed by atoms with Gasteiger partial charge in [0, 0.05) is 6.42 Å². The zero-order valence-corrected chi connectivity index (χ0v) is 10.3. The van der Waals surface area contributed by atoms with Gasteiger partial charge in [0.25, 0.3) is 0 Å². The minimum Gasteiger partial charge on any atom is -0.479 e. The number of methoxy groups -OCH3 is 1. The van der Waals surface area contributed by atoms with Crippen molar-refractivity contribution in [3.63, 3.8) is 0 Å². The lowest BCUT2D eigenvalue weighted by atomic mass is 9.94. The van der Waals surface area contributed by atoms with Crippen LogP contribution in [0.2, 0.25) is 0 Å². The van der Waals surface area contributed by atoms with Gasteiger partial charge in [-0.3, -0.25) is 4.79 Å². The molecule has 0 heterocycles. The van der Waals surface area contributed by atoms with Gasteiger partial charge in [-0.2, -0.15) is 0 Å². The number of ether oxygens (including phenoxy) is 1. The molecular formula is C13H16O5. The normalized spacial score (nSPS) is 11.9. The zero-order valence-electron chi connectivity index (χ0n) is 10.3. The summed E-state index contributed by atoms with van der Waals surface area (Å²) in [6.45, 7) is 1.81. The maximum absolute atomic E-state index is 11.1. The van der Waals surface area contributed by atoms with Crippen LogP contribution in [0, 0.1) is 6.92 Å². The summed E-state index contributed by atoms with van der Waals surface area (Å²) in [5, 5.41) is 18.4. The minimum absolute atomic E-state index is 0.153. The molecular weight excluding hydrogens is 236 g/mol. The second-order valence-electron chi connectivity index (χ2n) is 3.96. The highest BCUT2D eigenvalue weighted by atomic mass is 16.5. The summed E-state index contributed by atoms with van der Waals surface area (Å²) in [7, 11) is 1.30. The fourth-order valence-corrected chi connectivity index (χ4v) is 1.78. The van der Waals surface area contributed by atoms with Gasteiger partial charge < -0.3 is 14.9 Å². The largest absolute Gasteiger partial charge is 0.479 e. The Morgan fingerprint density at radius 2 is 2.06 bits per heavy atom. The van der Waals surface area contributed by atoms with Crippen molar-refractivity contribution in [1.82, 2.24) is 0 Å². The van der Waals surface area contributed by atoms with E-state index in [2.05, 4.69) is 4.74 Å². The number of aliphatic hydroxyl groups is 1. The number of hydrogen-bond acceptors (Lipinski definition) is 4. The van der Waals surface area contributed by atoms with Crippen LogP contribution in [0.4, 0.5) is 0 Å². The minimum atomic E-state index is -1.57. The number of rotatable bonds is 5. The summed E-state index contributed by atoms with van der Waals surface area (Å²) in [6.07, 6.45) is -1.07. The lowest BCUT2D eigenvalue weighted by Crippen LogP contribution is -2.14. The summed E-state index contributed by atoms with van der Waals surface area (Å²) in [4.78, 5) is 21.9. The molecule has 5 heteroatoms. The molecule has 18 heavy (non-hydrogen) atoms. The number of esters is 1. The van der Waals surface area contributed by atoms with E-state index in [1.807, 2.05) is 13.0 Å². The van der Waals surface area contributed by atoms with Crippen molar-refractivity contribution in [2.45, 2.75) is 25.9 Å². The number of carbonyl (C=O) groups excluding carboxylic acids is 1. The highest BCUT2D eigenvalue weighted by Gasteiger charge is 2.20. The standard InChI is InChI=1S/C13H16O5/c1-8-4-3-5-10(12(15)13(16)17)9(8)6-7-11(14)18-2/h3-5,12,15H,6-7H2,1-2H3,(H,16,17). The summed E-state index contributed by atoms with van der Waals surface area (Å²) >= 11 is 0. The molecule has 0 aromatic heterocycles. The maximum atomic E-state index is 11.1. The van der Waals surface area contributed by atoms with E-state index in [1.165, 1.54) is 7.11 Å². The van der Waals surface area contributed by atoms with Crippen LogP contribution in [0.5, 0.6) is 0 Å². The van der Waals surface area contributed by atoms with Crippen LogP contribution in [0.1, 0.15) is 29.2 Å². The van der Waals surface area contributed by atoms with Gasteiger partial charge in [-0.1, -0.05) is 18.2 Å². The number of carbonyl (C=O) groups is 2. The van der Waals surface area contributed by atoms with Crippen LogP contribution >= 0.6 is 0 Å². The van der Waals surface area contributed by atoms with E-state index in [9.17, 15) is 14.7 Å². The van der Waals surface area contributed by atoms with Crippen LogP contribution in [0.25, 0.3) is 0 Å². The molecule has 0 spiro atoms. The molecule has 1 atom stereocenters. The predicted molar refractivity (Wildman–Crippen MR) is 64.1 cm³/mol. The van der Waals surface area contributed by atoms with Gasteiger partial charge in [-0.25, -0.2) is 4.79 Å². The highest BCUT2D eigenvalue weighted by molar-refractivity contribution is 5.75. The molecule has 0 amide bonds. The summed E-state index contributed by atoms with van der Waals surface area (Å²) in [6, 6.07) is 5.04. The van der Waals surface area contributed by atoms with E-state index >= 15 is 0 Å². The first-order valence-electron chi connectivity index (χ1n) is 5.53. The molecule has 0 aliphatic carbocycles. The Labute approximate surface area is 105 Å². The van der Waals surface area contributed by atoms with Crippen molar-refractivity contribution in [3.8, 4) is 0 Å². The molecule has 0 aliphatic heterocycles. The Morgan fingerprint density at radius 3 is 2.61 bits per heavy atom. The van der Waals surface area contributed by atoms with Gasteiger partial charge in [-0.15, -0.1) is 0 Å². The molecule has 0 aliphatic rings. The Hall–Kier alpha value is -1.88. The fraction of sp³-hybridized carbons (Fsp3) is 0.385. The maximum Gasteiger partial charge on any atom is 0.337 e. The number of hydrogen-bond donors (Lipinski definition) is 2. The molecule has 98 valence electrons. The third-order valence-corrected chi connectivity index (χ3v) is 2.78. The molecule has 0 bridgehead atoms. The van der Waals surface area contributed by atoms with Gasteiger partial charge in [-0.05, 0) is 30.0 Å². The van der Waals surface area contributed by atoms with Crippen LogP contribution in [0.15, 0.2) is 18.2 Å². The van der Waals surface area contributed by atoms with E-state index in [4.69, 9.17) is 5.11 Å². The smallest absolute Gasteiger partial charge is 0.337 e. The number of benzene rings is 1. The van der Waals surface area contributed by atoms with Crippen LogP contribution in [-0.2, 0) is 20.7 Å². The number of aliphatic hydroxyl groups excluding tert-OH is 1. The second kappa shape index (κ2) is 6.16. The molecule has 1 aromatic rings. The number of carboxylic acids is 1. The van der Waals surface area contributed by atoms with Crippen molar-refractivity contribution in [2.75, 3.05) is 7.11 Å². The molecule has 0 saturated carbocycles. The Kier molecular flexibility index (Phi) is 4.85. The van der Waals surface area contributed by atoms with Gasteiger partial charge in [0.15, 0.2) is 6.10 Å². The Bertz CT molecular complexity index is 453. The molecule has 5 nitrogen and oxygen atoms in total. The summed E-state index contributed by atoms with van der Waals surface area (Å²) in [5.41, 5.74) is 1.85. The number of aliphatic carboxylic acids is 1. The molecule has 1 rings (SSSR count). The molecule has 1 unspecified atom stereocenters. The highest BCUT2D eigenvalue weighted by Crippen LogP contribution is 2.23. The summed E-state index contributed by atoms with van der Waals surface area (Å²) < 4.78 is 4.54. The Morgan fingerprint density at radius 1 is 1.39 bits per heavy atom. The van der Waals surface area contributed by atoms with E-state index in [1.54, 1.807) is 12.1 Å².